The highest BCUT2D eigenvalue weighted by Gasteiger charge is 2.04. The molecule has 3 heteroatoms. The van der Waals surface area contributed by atoms with Gasteiger partial charge in [-0.2, -0.15) is 0 Å². The molecule has 1 aromatic rings. The maximum atomic E-state index is 6.10. The van der Waals surface area contributed by atoms with Crippen molar-refractivity contribution >= 4 is 11.6 Å². The van der Waals surface area contributed by atoms with Gasteiger partial charge in [-0.25, -0.2) is 0 Å². The normalized spacial score (nSPS) is 12.8. The molecule has 0 bridgehead atoms. The largest absolute Gasteiger partial charge is 0.374 e. The van der Waals surface area contributed by atoms with Crippen LogP contribution in [0.3, 0.4) is 0 Å². The zero-order valence-electron chi connectivity index (χ0n) is 9.29. The zero-order chi connectivity index (χ0) is 11.3. The van der Waals surface area contributed by atoms with Crippen molar-refractivity contribution < 1.29 is 4.74 Å². The Morgan fingerprint density at radius 2 is 2.20 bits per heavy atom. The minimum atomic E-state index is 0.273. The van der Waals surface area contributed by atoms with Gasteiger partial charge in [0.1, 0.15) is 0 Å². The predicted molar refractivity (Wildman–Crippen MR) is 63.9 cm³/mol. The van der Waals surface area contributed by atoms with E-state index < -0.39 is 0 Å². The first-order chi connectivity index (χ1) is 7.17. The van der Waals surface area contributed by atoms with Crippen LogP contribution in [0.1, 0.15) is 31.4 Å². The second kappa shape index (κ2) is 6.11. The lowest BCUT2D eigenvalue weighted by Gasteiger charge is -2.12. The Kier molecular flexibility index (Phi) is 5.09. The zero-order valence-corrected chi connectivity index (χ0v) is 10.1. The molecule has 1 rings (SSSR count). The van der Waals surface area contributed by atoms with Gasteiger partial charge in [0.2, 0.25) is 0 Å². The number of hydrogen-bond donors (Lipinski definition) is 1. The maximum Gasteiger partial charge on any atom is 0.0734 e. The van der Waals surface area contributed by atoms with Gasteiger partial charge in [-0.05, 0) is 30.5 Å². The van der Waals surface area contributed by atoms with Crippen molar-refractivity contribution in [3.8, 4) is 0 Å². The fourth-order valence-corrected chi connectivity index (χ4v) is 1.44. The number of nitrogens with two attached hydrogens (primary N) is 1. The standard InChI is InChI=1S/C12H18ClNO/c1-3-9(2)15-8-11-5-4-10(7-14)6-12(11)13/h4-6,9H,3,7-8,14H2,1-2H3. The lowest BCUT2D eigenvalue weighted by atomic mass is 10.1. The smallest absolute Gasteiger partial charge is 0.0734 e. The Hall–Kier alpha value is -0.570. The molecule has 0 saturated carbocycles. The summed E-state index contributed by atoms with van der Waals surface area (Å²) in [6.07, 6.45) is 1.29. The summed E-state index contributed by atoms with van der Waals surface area (Å²) in [6, 6.07) is 5.87. The molecule has 0 aliphatic heterocycles. The fourth-order valence-electron chi connectivity index (χ4n) is 1.18. The minimum Gasteiger partial charge on any atom is -0.374 e. The van der Waals surface area contributed by atoms with Gasteiger partial charge in [0.25, 0.3) is 0 Å². The van der Waals surface area contributed by atoms with E-state index in [9.17, 15) is 0 Å². The van der Waals surface area contributed by atoms with E-state index in [0.717, 1.165) is 22.6 Å². The molecule has 1 aromatic carbocycles. The van der Waals surface area contributed by atoms with E-state index in [0.29, 0.717) is 13.2 Å². The lowest BCUT2D eigenvalue weighted by molar-refractivity contribution is 0.0509. The van der Waals surface area contributed by atoms with Gasteiger partial charge in [0, 0.05) is 11.6 Å². The van der Waals surface area contributed by atoms with Crippen LogP contribution in [0.15, 0.2) is 18.2 Å². The van der Waals surface area contributed by atoms with Gasteiger partial charge < -0.3 is 10.5 Å². The summed E-state index contributed by atoms with van der Waals surface area (Å²) in [7, 11) is 0. The number of halogens is 1. The van der Waals surface area contributed by atoms with Gasteiger partial charge in [-0.15, -0.1) is 0 Å². The van der Waals surface area contributed by atoms with Crippen molar-refractivity contribution in [1.82, 2.24) is 0 Å². The van der Waals surface area contributed by atoms with Gasteiger partial charge in [-0.1, -0.05) is 30.7 Å². The number of rotatable bonds is 5. The average Bonchev–Trinajstić information content (AvgIpc) is 2.26. The Labute approximate surface area is 96.4 Å². The number of hydrogen-bond acceptors (Lipinski definition) is 2. The second-order valence-corrected chi connectivity index (χ2v) is 4.07. The summed E-state index contributed by atoms with van der Waals surface area (Å²) in [5.74, 6) is 0. The van der Waals surface area contributed by atoms with Crippen LogP contribution in [-0.2, 0) is 17.9 Å². The van der Waals surface area contributed by atoms with E-state index in [4.69, 9.17) is 22.1 Å². The van der Waals surface area contributed by atoms with Crippen molar-refractivity contribution in [3.05, 3.63) is 34.3 Å². The van der Waals surface area contributed by atoms with Crippen LogP contribution in [0.4, 0.5) is 0 Å². The molecule has 2 nitrogen and oxygen atoms in total. The molecule has 0 spiro atoms. The summed E-state index contributed by atoms with van der Waals surface area (Å²) in [5.41, 5.74) is 7.59. The molecule has 1 atom stereocenters. The van der Waals surface area contributed by atoms with Gasteiger partial charge in [0.05, 0.1) is 12.7 Å². The highest BCUT2D eigenvalue weighted by Crippen LogP contribution is 2.19. The Balaban J connectivity index is 2.62. The molecule has 15 heavy (non-hydrogen) atoms. The first-order valence-electron chi connectivity index (χ1n) is 5.26. The molecule has 0 saturated heterocycles. The average molecular weight is 228 g/mol. The van der Waals surface area contributed by atoms with Gasteiger partial charge in [0.15, 0.2) is 0 Å². The molecule has 0 amide bonds. The van der Waals surface area contributed by atoms with Crippen LogP contribution >= 0.6 is 11.6 Å². The first-order valence-corrected chi connectivity index (χ1v) is 5.64. The molecule has 0 aliphatic rings. The van der Waals surface area contributed by atoms with Crippen LogP contribution < -0.4 is 5.73 Å². The molecule has 1 unspecified atom stereocenters. The second-order valence-electron chi connectivity index (χ2n) is 3.66. The monoisotopic (exact) mass is 227 g/mol. The third-order valence-electron chi connectivity index (χ3n) is 2.45. The molecular formula is C12H18ClNO. The van der Waals surface area contributed by atoms with Crippen LogP contribution in [-0.4, -0.2) is 6.10 Å². The molecule has 84 valence electrons. The topological polar surface area (TPSA) is 35.2 Å². The molecule has 0 fully saturated rings. The predicted octanol–water partition coefficient (Wildman–Crippen LogP) is 3.11. The van der Waals surface area contributed by atoms with Crippen LogP contribution in [0.2, 0.25) is 5.02 Å². The quantitative estimate of drug-likeness (QED) is 0.839. The number of benzene rings is 1. The van der Waals surface area contributed by atoms with E-state index in [-0.39, 0.29) is 6.10 Å². The Morgan fingerprint density at radius 1 is 1.47 bits per heavy atom. The summed E-state index contributed by atoms with van der Waals surface area (Å²) >= 11 is 6.10. The molecule has 0 radical (unpaired) electrons. The van der Waals surface area contributed by atoms with Gasteiger partial charge in [-0.3, -0.25) is 0 Å². The van der Waals surface area contributed by atoms with E-state index in [2.05, 4.69) is 13.8 Å². The van der Waals surface area contributed by atoms with Crippen LogP contribution in [0.5, 0.6) is 0 Å². The maximum absolute atomic E-state index is 6.10. The number of ether oxygens (including phenoxy) is 1. The lowest BCUT2D eigenvalue weighted by Crippen LogP contribution is -2.06. The molecule has 0 aromatic heterocycles. The Morgan fingerprint density at radius 3 is 2.73 bits per heavy atom. The third kappa shape index (κ3) is 3.82. The highest BCUT2D eigenvalue weighted by molar-refractivity contribution is 6.31. The van der Waals surface area contributed by atoms with E-state index in [1.54, 1.807) is 0 Å². The summed E-state index contributed by atoms with van der Waals surface area (Å²) in [4.78, 5) is 0. The van der Waals surface area contributed by atoms with Crippen LogP contribution in [0, 0.1) is 0 Å². The SMILES string of the molecule is CCC(C)OCc1ccc(CN)cc1Cl. The fraction of sp³-hybridized carbons (Fsp3) is 0.500. The van der Waals surface area contributed by atoms with Crippen molar-refractivity contribution in [3.63, 3.8) is 0 Å². The molecule has 0 aliphatic carbocycles. The van der Waals surface area contributed by atoms with Crippen molar-refractivity contribution in [2.24, 2.45) is 5.73 Å². The molecule has 2 N–H and O–H groups in total. The minimum absolute atomic E-state index is 0.273. The summed E-state index contributed by atoms with van der Waals surface area (Å²) < 4.78 is 5.62. The van der Waals surface area contributed by atoms with Crippen molar-refractivity contribution in [2.45, 2.75) is 39.5 Å². The Bertz CT molecular complexity index is 314. The van der Waals surface area contributed by atoms with E-state index in [1.165, 1.54) is 0 Å². The summed E-state index contributed by atoms with van der Waals surface area (Å²) in [5, 5.41) is 0.737. The van der Waals surface area contributed by atoms with E-state index >= 15 is 0 Å². The highest BCUT2D eigenvalue weighted by atomic mass is 35.5. The van der Waals surface area contributed by atoms with Crippen molar-refractivity contribution in [2.75, 3.05) is 0 Å². The first kappa shape index (κ1) is 12.5. The van der Waals surface area contributed by atoms with Gasteiger partial charge >= 0.3 is 0 Å². The summed E-state index contributed by atoms with van der Waals surface area (Å²) in [6.45, 7) is 5.25. The molecular weight excluding hydrogens is 210 g/mol. The third-order valence-corrected chi connectivity index (χ3v) is 2.80. The van der Waals surface area contributed by atoms with Crippen molar-refractivity contribution in [1.29, 1.82) is 0 Å². The van der Waals surface area contributed by atoms with Crippen LogP contribution in [0.25, 0.3) is 0 Å². The van der Waals surface area contributed by atoms with E-state index in [1.807, 2.05) is 18.2 Å². The molecule has 0 heterocycles.